The molecule has 0 unspecified atom stereocenters. The molecule has 0 aliphatic heterocycles. The lowest BCUT2D eigenvalue weighted by Gasteiger charge is -2.01. The molecule has 0 aliphatic rings. The van der Waals surface area contributed by atoms with Crippen molar-refractivity contribution in [1.29, 1.82) is 0 Å². The molecule has 0 spiro atoms. The van der Waals surface area contributed by atoms with Crippen molar-refractivity contribution >= 4 is 34.3 Å². The molecule has 6 heteroatoms. The quantitative estimate of drug-likeness (QED) is 0.484. The first kappa shape index (κ1) is 16.6. The van der Waals surface area contributed by atoms with E-state index in [1.54, 1.807) is 29.9 Å². The van der Waals surface area contributed by atoms with Gasteiger partial charge < -0.3 is 0 Å². The van der Waals surface area contributed by atoms with Gasteiger partial charge in [0.1, 0.15) is 0 Å². The molecular formula is C18H17ClN4S. The highest BCUT2D eigenvalue weighted by Crippen LogP contribution is 2.32. The Labute approximate surface area is 150 Å². The van der Waals surface area contributed by atoms with Crippen LogP contribution in [0, 0.1) is 0 Å². The summed E-state index contributed by atoms with van der Waals surface area (Å²) >= 11 is 7.61. The van der Waals surface area contributed by atoms with Crippen molar-refractivity contribution in [3.05, 3.63) is 64.3 Å². The first-order valence-electron chi connectivity index (χ1n) is 7.71. The smallest absolute Gasteiger partial charge is 0.204 e. The second-order valence-electron chi connectivity index (χ2n) is 5.20. The fourth-order valence-corrected chi connectivity index (χ4v) is 3.40. The summed E-state index contributed by atoms with van der Waals surface area (Å²) in [6, 6.07) is 11.6. The molecule has 0 aliphatic carbocycles. The van der Waals surface area contributed by atoms with Gasteiger partial charge in [-0.1, -0.05) is 54.5 Å². The van der Waals surface area contributed by atoms with Gasteiger partial charge in [0.2, 0.25) is 5.13 Å². The van der Waals surface area contributed by atoms with Crippen LogP contribution >= 0.6 is 22.9 Å². The number of pyridine rings is 1. The molecule has 0 saturated heterocycles. The van der Waals surface area contributed by atoms with E-state index in [2.05, 4.69) is 22.4 Å². The molecule has 0 bridgehead atoms. The Kier molecular flexibility index (Phi) is 5.56. The average Bonchev–Trinajstić information content (AvgIpc) is 3.00. The van der Waals surface area contributed by atoms with Crippen LogP contribution in [-0.2, 0) is 6.42 Å². The first-order valence-corrected chi connectivity index (χ1v) is 8.90. The van der Waals surface area contributed by atoms with E-state index in [1.807, 2.05) is 36.4 Å². The van der Waals surface area contributed by atoms with Gasteiger partial charge in [0, 0.05) is 33.4 Å². The Bertz CT molecular complexity index is 813. The summed E-state index contributed by atoms with van der Waals surface area (Å²) in [4.78, 5) is 10.0. The third-order valence-electron chi connectivity index (χ3n) is 3.35. The van der Waals surface area contributed by atoms with Crippen molar-refractivity contribution in [2.24, 2.45) is 5.10 Å². The first-order chi connectivity index (χ1) is 11.8. The summed E-state index contributed by atoms with van der Waals surface area (Å²) in [6.45, 7) is 2.17. The van der Waals surface area contributed by atoms with Crippen LogP contribution in [0.4, 0.5) is 5.13 Å². The van der Waals surface area contributed by atoms with E-state index >= 15 is 0 Å². The zero-order valence-electron chi connectivity index (χ0n) is 13.2. The summed E-state index contributed by atoms with van der Waals surface area (Å²) in [6.07, 6.45) is 7.29. The average molecular weight is 357 g/mol. The minimum Gasteiger partial charge on any atom is -0.264 e. The molecule has 0 atom stereocenters. The molecule has 0 saturated carbocycles. The third kappa shape index (κ3) is 4.19. The van der Waals surface area contributed by atoms with Gasteiger partial charge in [-0.25, -0.2) is 4.98 Å². The highest BCUT2D eigenvalue weighted by Gasteiger charge is 2.12. The van der Waals surface area contributed by atoms with Gasteiger partial charge in [0.05, 0.1) is 11.9 Å². The van der Waals surface area contributed by atoms with Gasteiger partial charge in [0.25, 0.3) is 0 Å². The van der Waals surface area contributed by atoms with Crippen LogP contribution in [0.5, 0.6) is 0 Å². The van der Waals surface area contributed by atoms with Gasteiger partial charge in [-0.05, 0) is 24.6 Å². The Hall–Kier alpha value is -2.24. The van der Waals surface area contributed by atoms with Gasteiger partial charge in [-0.3, -0.25) is 10.4 Å². The number of hydrazone groups is 1. The fourth-order valence-electron chi connectivity index (χ4n) is 2.24. The van der Waals surface area contributed by atoms with Crippen LogP contribution in [0.2, 0.25) is 5.02 Å². The van der Waals surface area contributed by atoms with Gasteiger partial charge in [0.15, 0.2) is 0 Å². The van der Waals surface area contributed by atoms with E-state index in [4.69, 9.17) is 16.6 Å². The SMILES string of the molecule is CCCc1sc(N/N=C\c2cccnc2)nc1-c1ccc(Cl)cc1. The van der Waals surface area contributed by atoms with Crippen LogP contribution in [0.25, 0.3) is 11.3 Å². The lowest BCUT2D eigenvalue weighted by atomic mass is 10.1. The number of rotatable bonds is 6. The molecular weight excluding hydrogens is 340 g/mol. The standard InChI is InChI=1S/C18H17ClN4S/c1-2-4-16-17(14-6-8-15(19)9-7-14)22-18(24-16)23-21-12-13-5-3-10-20-11-13/h3,5-12H,2,4H2,1H3,(H,22,23)/b21-12-. The maximum atomic E-state index is 5.98. The lowest BCUT2D eigenvalue weighted by Crippen LogP contribution is -1.90. The predicted octanol–water partition coefficient (Wildman–Crippen LogP) is 5.26. The van der Waals surface area contributed by atoms with E-state index in [1.165, 1.54) is 4.88 Å². The highest BCUT2D eigenvalue weighted by atomic mass is 35.5. The van der Waals surface area contributed by atoms with Gasteiger partial charge in [-0.2, -0.15) is 5.10 Å². The predicted molar refractivity (Wildman–Crippen MR) is 102 cm³/mol. The number of halogens is 1. The molecule has 0 amide bonds. The summed E-state index contributed by atoms with van der Waals surface area (Å²) in [5, 5.41) is 5.75. The van der Waals surface area contributed by atoms with Crippen LogP contribution in [0.3, 0.4) is 0 Å². The molecule has 2 aromatic heterocycles. The monoisotopic (exact) mass is 356 g/mol. The number of nitrogens with zero attached hydrogens (tertiary/aromatic N) is 3. The Morgan fingerprint density at radius 3 is 2.79 bits per heavy atom. The Morgan fingerprint density at radius 1 is 1.25 bits per heavy atom. The second-order valence-corrected chi connectivity index (χ2v) is 6.72. The van der Waals surface area contributed by atoms with E-state index in [0.717, 1.165) is 39.8 Å². The third-order valence-corrected chi connectivity index (χ3v) is 4.62. The van der Waals surface area contributed by atoms with Crippen molar-refractivity contribution in [1.82, 2.24) is 9.97 Å². The van der Waals surface area contributed by atoms with Gasteiger partial charge >= 0.3 is 0 Å². The van der Waals surface area contributed by atoms with Crippen molar-refractivity contribution in [2.75, 3.05) is 5.43 Å². The summed E-state index contributed by atoms with van der Waals surface area (Å²) in [5.74, 6) is 0. The lowest BCUT2D eigenvalue weighted by molar-refractivity contribution is 0.938. The summed E-state index contributed by atoms with van der Waals surface area (Å²) in [7, 11) is 0. The molecule has 1 aromatic carbocycles. The zero-order valence-corrected chi connectivity index (χ0v) is 14.8. The molecule has 4 nitrogen and oxygen atoms in total. The van der Waals surface area contributed by atoms with E-state index in [0.29, 0.717) is 0 Å². The molecule has 122 valence electrons. The number of anilines is 1. The normalized spacial score (nSPS) is 11.1. The number of hydrogen-bond donors (Lipinski definition) is 1. The number of nitrogens with one attached hydrogen (secondary N) is 1. The number of benzene rings is 1. The van der Waals surface area contributed by atoms with Crippen molar-refractivity contribution in [3.63, 3.8) is 0 Å². The van der Waals surface area contributed by atoms with Crippen molar-refractivity contribution < 1.29 is 0 Å². The van der Waals surface area contributed by atoms with Crippen LogP contribution in [0.15, 0.2) is 53.9 Å². The molecule has 24 heavy (non-hydrogen) atoms. The summed E-state index contributed by atoms with van der Waals surface area (Å²) < 4.78 is 0. The van der Waals surface area contributed by atoms with E-state index in [-0.39, 0.29) is 0 Å². The minimum absolute atomic E-state index is 0.727. The molecule has 0 fully saturated rings. The second kappa shape index (κ2) is 8.04. The molecule has 3 aromatic rings. The number of hydrogen-bond acceptors (Lipinski definition) is 5. The van der Waals surface area contributed by atoms with E-state index in [9.17, 15) is 0 Å². The number of aromatic nitrogens is 2. The van der Waals surface area contributed by atoms with Crippen LogP contribution in [0.1, 0.15) is 23.8 Å². The van der Waals surface area contributed by atoms with Gasteiger partial charge in [-0.15, -0.1) is 0 Å². The maximum absolute atomic E-state index is 5.98. The topological polar surface area (TPSA) is 50.2 Å². The van der Waals surface area contributed by atoms with Crippen molar-refractivity contribution in [3.8, 4) is 11.3 Å². The Morgan fingerprint density at radius 2 is 2.08 bits per heavy atom. The maximum Gasteiger partial charge on any atom is 0.204 e. The summed E-state index contributed by atoms with van der Waals surface area (Å²) in [5.41, 5.74) is 6.03. The molecule has 3 rings (SSSR count). The minimum atomic E-state index is 0.727. The zero-order chi connectivity index (χ0) is 16.8. The van der Waals surface area contributed by atoms with Crippen molar-refractivity contribution in [2.45, 2.75) is 19.8 Å². The Balaban J connectivity index is 1.80. The van der Waals surface area contributed by atoms with E-state index < -0.39 is 0 Å². The fraction of sp³-hybridized carbons (Fsp3) is 0.167. The number of aryl methyl sites for hydroxylation is 1. The molecule has 0 radical (unpaired) electrons. The largest absolute Gasteiger partial charge is 0.264 e. The van der Waals surface area contributed by atoms with Crippen LogP contribution in [-0.4, -0.2) is 16.2 Å². The number of thiazole rings is 1. The highest BCUT2D eigenvalue weighted by molar-refractivity contribution is 7.16. The van der Waals surface area contributed by atoms with Crippen LogP contribution < -0.4 is 5.43 Å². The molecule has 1 N–H and O–H groups in total. The molecule has 2 heterocycles.